The zero-order chi connectivity index (χ0) is 12.0. The zero-order valence-electron chi connectivity index (χ0n) is 9.46. The summed E-state index contributed by atoms with van der Waals surface area (Å²) in [5.41, 5.74) is 1.07. The Morgan fingerprint density at radius 2 is 2.31 bits per heavy atom. The van der Waals surface area contributed by atoms with Gasteiger partial charge in [-0.25, -0.2) is 0 Å². The van der Waals surface area contributed by atoms with Gasteiger partial charge in [-0.1, -0.05) is 17.7 Å². The number of hydrogen-bond donors (Lipinski definition) is 1. The van der Waals surface area contributed by atoms with Gasteiger partial charge < -0.3 is 10.1 Å². The number of halogens is 1. The first-order valence-electron chi connectivity index (χ1n) is 5.10. The van der Waals surface area contributed by atoms with E-state index >= 15 is 0 Å². The lowest BCUT2D eigenvalue weighted by Gasteiger charge is -2.16. The van der Waals surface area contributed by atoms with E-state index in [1.807, 2.05) is 25.2 Å². The molecule has 1 aromatic carbocycles. The fourth-order valence-electron chi connectivity index (χ4n) is 1.59. The van der Waals surface area contributed by atoms with Crippen LogP contribution in [0.3, 0.4) is 0 Å². The van der Waals surface area contributed by atoms with E-state index in [1.54, 1.807) is 7.11 Å². The summed E-state index contributed by atoms with van der Waals surface area (Å²) in [7, 11) is 3.46. The van der Waals surface area contributed by atoms with Crippen LogP contribution in [-0.2, 0) is 0 Å². The van der Waals surface area contributed by atoms with Crippen molar-refractivity contribution in [2.45, 2.75) is 18.9 Å². The highest BCUT2D eigenvalue weighted by Crippen LogP contribution is 2.28. The number of nitriles is 1. The quantitative estimate of drug-likeness (QED) is 0.858. The Labute approximate surface area is 101 Å². The highest BCUT2D eigenvalue weighted by atomic mass is 35.5. The molecule has 0 heterocycles. The molecular formula is C12H15ClN2O. The number of rotatable bonds is 5. The lowest BCUT2D eigenvalue weighted by molar-refractivity contribution is 0.414. The third kappa shape index (κ3) is 3.13. The van der Waals surface area contributed by atoms with Crippen LogP contribution >= 0.6 is 11.6 Å². The lowest BCUT2D eigenvalue weighted by Crippen LogP contribution is -2.16. The fourth-order valence-corrected chi connectivity index (χ4v) is 1.85. The molecule has 0 amide bonds. The zero-order valence-corrected chi connectivity index (χ0v) is 10.2. The van der Waals surface area contributed by atoms with Crippen molar-refractivity contribution in [2.75, 3.05) is 14.2 Å². The molecule has 1 atom stereocenters. The number of hydrogen-bond acceptors (Lipinski definition) is 3. The molecule has 86 valence electrons. The molecule has 3 nitrogen and oxygen atoms in total. The first-order valence-corrected chi connectivity index (χ1v) is 5.48. The molecule has 4 heteroatoms. The molecule has 16 heavy (non-hydrogen) atoms. The van der Waals surface area contributed by atoms with Crippen LogP contribution < -0.4 is 10.1 Å². The normalized spacial score (nSPS) is 11.9. The van der Waals surface area contributed by atoms with Gasteiger partial charge in [-0.15, -0.1) is 0 Å². The molecule has 1 aromatic rings. The topological polar surface area (TPSA) is 45.0 Å². The maximum Gasteiger partial charge on any atom is 0.137 e. The molecule has 0 spiro atoms. The van der Waals surface area contributed by atoms with Crippen LogP contribution in [0.4, 0.5) is 0 Å². The maximum absolute atomic E-state index is 8.57. The molecule has 0 fully saturated rings. The molecule has 0 aliphatic heterocycles. The van der Waals surface area contributed by atoms with Crippen molar-refractivity contribution in [3.05, 3.63) is 28.8 Å². The van der Waals surface area contributed by atoms with Crippen LogP contribution in [0.25, 0.3) is 0 Å². The second kappa shape index (κ2) is 6.37. The van der Waals surface area contributed by atoms with E-state index in [-0.39, 0.29) is 6.04 Å². The van der Waals surface area contributed by atoms with Gasteiger partial charge in [-0.05, 0) is 31.2 Å². The van der Waals surface area contributed by atoms with Crippen molar-refractivity contribution in [3.63, 3.8) is 0 Å². The number of methoxy groups -OCH3 is 1. The van der Waals surface area contributed by atoms with Gasteiger partial charge in [0, 0.05) is 12.5 Å². The van der Waals surface area contributed by atoms with Gasteiger partial charge in [0.15, 0.2) is 0 Å². The number of ether oxygens (including phenoxy) is 1. The van der Waals surface area contributed by atoms with E-state index < -0.39 is 0 Å². The number of benzene rings is 1. The molecule has 1 rings (SSSR count). The smallest absolute Gasteiger partial charge is 0.137 e. The van der Waals surface area contributed by atoms with E-state index in [2.05, 4.69) is 11.4 Å². The van der Waals surface area contributed by atoms with Crippen molar-refractivity contribution in [1.82, 2.24) is 5.32 Å². The van der Waals surface area contributed by atoms with Crippen molar-refractivity contribution in [3.8, 4) is 11.8 Å². The van der Waals surface area contributed by atoms with Gasteiger partial charge in [0.05, 0.1) is 18.2 Å². The summed E-state index contributed by atoms with van der Waals surface area (Å²) in [6.45, 7) is 0. The molecule has 1 unspecified atom stereocenters. The lowest BCUT2D eigenvalue weighted by atomic mass is 10.0. The molecule has 0 saturated heterocycles. The Bertz CT molecular complexity index is 387. The van der Waals surface area contributed by atoms with Crippen LogP contribution in [0.1, 0.15) is 24.4 Å². The molecule has 1 N–H and O–H groups in total. The standard InChI is InChI=1S/C12H15ClN2O/c1-15-11(4-3-7-14)9-5-6-12(16-2)10(13)8-9/h5-6,8,11,15H,3-4H2,1-2H3. The van der Waals surface area contributed by atoms with Crippen molar-refractivity contribution < 1.29 is 4.74 Å². The summed E-state index contributed by atoms with van der Waals surface area (Å²) in [4.78, 5) is 0. The molecule has 0 saturated carbocycles. The van der Waals surface area contributed by atoms with Gasteiger partial charge >= 0.3 is 0 Å². The van der Waals surface area contributed by atoms with Gasteiger partial charge in [0.1, 0.15) is 5.75 Å². The molecule has 0 bridgehead atoms. The largest absolute Gasteiger partial charge is 0.495 e. The molecule has 0 aliphatic carbocycles. The van der Waals surface area contributed by atoms with Crippen LogP contribution in [0.15, 0.2) is 18.2 Å². The Hall–Kier alpha value is -1.24. The summed E-state index contributed by atoms with van der Waals surface area (Å²) >= 11 is 6.05. The van der Waals surface area contributed by atoms with Gasteiger partial charge in [-0.2, -0.15) is 5.26 Å². The Morgan fingerprint density at radius 3 is 2.81 bits per heavy atom. The van der Waals surface area contributed by atoms with Crippen molar-refractivity contribution in [1.29, 1.82) is 5.26 Å². The minimum absolute atomic E-state index is 0.156. The number of nitrogens with zero attached hydrogens (tertiary/aromatic N) is 1. The third-order valence-electron chi connectivity index (χ3n) is 2.47. The van der Waals surface area contributed by atoms with E-state index in [0.29, 0.717) is 17.2 Å². The second-order valence-corrected chi connectivity index (χ2v) is 3.84. The second-order valence-electron chi connectivity index (χ2n) is 3.43. The molecular weight excluding hydrogens is 224 g/mol. The molecule has 0 aromatic heterocycles. The van der Waals surface area contributed by atoms with Crippen molar-refractivity contribution in [2.24, 2.45) is 0 Å². The SMILES string of the molecule is CNC(CCC#N)c1ccc(OC)c(Cl)c1. The summed E-state index contributed by atoms with van der Waals surface area (Å²) in [6, 6.07) is 7.97. The predicted octanol–water partition coefficient (Wildman–Crippen LogP) is 2.91. The van der Waals surface area contributed by atoms with E-state index in [9.17, 15) is 0 Å². The molecule has 0 aliphatic rings. The van der Waals surface area contributed by atoms with Crippen LogP contribution in [0.2, 0.25) is 5.02 Å². The first-order chi connectivity index (χ1) is 7.72. The predicted molar refractivity (Wildman–Crippen MR) is 64.7 cm³/mol. The first kappa shape index (κ1) is 12.8. The average molecular weight is 239 g/mol. The van der Waals surface area contributed by atoms with E-state index in [0.717, 1.165) is 12.0 Å². The number of nitrogens with one attached hydrogen (secondary N) is 1. The highest BCUT2D eigenvalue weighted by molar-refractivity contribution is 6.32. The monoisotopic (exact) mass is 238 g/mol. The summed E-state index contributed by atoms with van der Waals surface area (Å²) in [6.07, 6.45) is 1.30. The summed E-state index contributed by atoms with van der Waals surface area (Å²) in [5, 5.41) is 12.3. The Kier molecular flexibility index (Phi) is 5.10. The minimum Gasteiger partial charge on any atom is -0.495 e. The van der Waals surface area contributed by atoms with Gasteiger partial charge in [-0.3, -0.25) is 0 Å². The van der Waals surface area contributed by atoms with Crippen LogP contribution in [0, 0.1) is 11.3 Å². The average Bonchev–Trinajstić information content (AvgIpc) is 2.30. The van der Waals surface area contributed by atoms with E-state index in [4.69, 9.17) is 21.6 Å². The summed E-state index contributed by atoms with van der Waals surface area (Å²) in [5.74, 6) is 0.667. The highest BCUT2D eigenvalue weighted by Gasteiger charge is 2.10. The van der Waals surface area contributed by atoms with Gasteiger partial charge in [0.2, 0.25) is 0 Å². The summed E-state index contributed by atoms with van der Waals surface area (Å²) < 4.78 is 5.09. The van der Waals surface area contributed by atoms with Crippen LogP contribution in [0.5, 0.6) is 5.75 Å². The van der Waals surface area contributed by atoms with Gasteiger partial charge in [0.25, 0.3) is 0 Å². The Morgan fingerprint density at radius 1 is 1.56 bits per heavy atom. The maximum atomic E-state index is 8.57. The van der Waals surface area contributed by atoms with E-state index in [1.165, 1.54) is 0 Å². The fraction of sp³-hybridized carbons (Fsp3) is 0.417. The minimum atomic E-state index is 0.156. The Balaban J connectivity index is 2.85. The van der Waals surface area contributed by atoms with Crippen molar-refractivity contribution >= 4 is 11.6 Å². The molecule has 0 radical (unpaired) electrons. The van der Waals surface area contributed by atoms with Crippen LogP contribution in [-0.4, -0.2) is 14.2 Å². The third-order valence-corrected chi connectivity index (χ3v) is 2.77.